The Morgan fingerprint density at radius 3 is 2.60 bits per heavy atom. The third kappa shape index (κ3) is 2.49. The van der Waals surface area contributed by atoms with E-state index in [1.54, 1.807) is 4.90 Å². The van der Waals surface area contributed by atoms with Gasteiger partial charge in [-0.25, -0.2) is 0 Å². The summed E-state index contributed by atoms with van der Waals surface area (Å²) in [5, 5.41) is 9.32. The van der Waals surface area contributed by atoms with Crippen LogP contribution in [-0.2, 0) is 4.79 Å². The van der Waals surface area contributed by atoms with E-state index in [9.17, 15) is 9.90 Å². The first-order valence-electron chi connectivity index (χ1n) is 5.62. The molecule has 1 rings (SSSR count). The fourth-order valence-corrected chi connectivity index (χ4v) is 2.08. The predicted octanol–water partition coefficient (Wildman–Crippen LogP) is 0.308. The zero-order chi connectivity index (χ0) is 11.6. The maximum absolute atomic E-state index is 12.0. The molecule has 15 heavy (non-hydrogen) atoms. The maximum Gasteiger partial charge on any atom is 0.242 e. The molecule has 0 aromatic rings. The Labute approximate surface area is 91.9 Å². The van der Waals surface area contributed by atoms with Crippen LogP contribution in [0.1, 0.15) is 27.2 Å². The summed E-state index contributed by atoms with van der Waals surface area (Å²) in [5.41, 5.74) is 0. The van der Waals surface area contributed by atoms with Crippen molar-refractivity contribution in [3.05, 3.63) is 0 Å². The van der Waals surface area contributed by atoms with Crippen molar-refractivity contribution in [3.63, 3.8) is 0 Å². The van der Waals surface area contributed by atoms with Gasteiger partial charge in [-0.1, -0.05) is 0 Å². The molecule has 1 fully saturated rings. The van der Waals surface area contributed by atoms with Gasteiger partial charge in [-0.3, -0.25) is 9.69 Å². The molecule has 1 amide bonds. The van der Waals surface area contributed by atoms with Gasteiger partial charge in [0.15, 0.2) is 0 Å². The van der Waals surface area contributed by atoms with Gasteiger partial charge < -0.3 is 10.0 Å². The van der Waals surface area contributed by atoms with Crippen molar-refractivity contribution >= 4 is 5.91 Å². The Morgan fingerprint density at radius 2 is 2.13 bits per heavy atom. The number of likely N-dealkylation sites (N-methyl/N-ethyl adjacent to an activating group) is 1. The number of amides is 1. The van der Waals surface area contributed by atoms with Crippen LogP contribution in [0.25, 0.3) is 0 Å². The highest BCUT2D eigenvalue weighted by atomic mass is 16.3. The summed E-state index contributed by atoms with van der Waals surface area (Å²) in [5.74, 6) is 0.0381. The standard InChI is InChI=1S/C11H22N2O2/c1-8(2)13-6-5-9(3)12(4)11(15)10(13)7-14/h8-10,14H,5-7H2,1-4H3. The van der Waals surface area contributed by atoms with Crippen LogP contribution in [0.5, 0.6) is 0 Å². The summed E-state index contributed by atoms with van der Waals surface area (Å²) in [6.07, 6.45) is 0.969. The van der Waals surface area contributed by atoms with Crippen LogP contribution in [0.3, 0.4) is 0 Å². The van der Waals surface area contributed by atoms with E-state index >= 15 is 0 Å². The highest BCUT2D eigenvalue weighted by Crippen LogP contribution is 2.17. The Bertz CT molecular complexity index is 231. The van der Waals surface area contributed by atoms with Gasteiger partial charge in [0.2, 0.25) is 5.91 Å². The Hall–Kier alpha value is -0.610. The van der Waals surface area contributed by atoms with Crippen molar-refractivity contribution in [2.75, 3.05) is 20.2 Å². The summed E-state index contributed by atoms with van der Waals surface area (Å²) in [6.45, 7) is 6.96. The van der Waals surface area contributed by atoms with Crippen LogP contribution in [-0.4, -0.2) is 59.1 Å². The number of carbonyl (C=O) groups excluding carboxylic acids is 1. The monoisotopic (exact) mass is 214 g/mol. The van der Waals surface area contributed by atoms with Gasteiger partial charge in [-0.15, -0.1) is 0 Å². The Balaban J connectivity index is 2.88. The molecule has 0 aromatic carbocycles. The van der Waals surface area contributed by atoms with E-state index in [1.165, 1.54) is 0 Å². The second kappa shape index (κ2) is 4.94. The third-order valence-electron chi connectivity index (χ3n) is 3.34. The van der Waals surface area contributed by atoms with Gasteiger partial charge in [-0.2, -0.15) is 0 Å². The summed E-state index contributed by atoms with van der Waals surface area (Å²) in [6, 6.07) is 0.194. The quantitative estimate of drug-likeness (QED) is 0.719. The van der Waals surface area contributed by atoms with Crippen molar-refractivity contribution in [1.82, 2.24) is 9.80 Å². The van der Waals surface area contributed by atoms with E-state index in [0.29, 0.717) is 6.04 Å². The van der Waals surface area contributed by atoms with Gasteiger partial charge in [0.25, 0.3) is 0 Å². The molecule has 1 aliphatic heterocycles. The minimum Gasteiger partial charge on any atom is -0.394 e. The molecule has 1 heterocycles. The van der Waals surface area contributed by atoms with Crippen LogP contribution in [0, 0.1) is 0 Å². The number of aliphatic hydroxyl groups excluding tert-OH is 1. The number of carbonyl (C=O) groups is 1. The zero-order valence-corrected chi connectivity index (χ0v) is 10.1. The topological polar surface area (TPSA) is 43.8 Å². The van der Waals surface area contributed by atoms with Gasteiger partial charge in [0.1, 0.15) is 6.04 Å². The van der Waals surface area contributed by atoms with Crippen LogP contribution >= 0.6 is 0 Å². The predicted molar refractivity (Wildman–Crippen MR) is 59.6 cm³/mol. The van der Waals surface area contributed by atoms with Crippen LogP contribution in [0.4, 0.5) is 0 Å². The fourth-order valence-electron chi connectivity index (χ4n) is 2.08. The number of nitrogens with zero attached hydrogens (tertiary/aromatic N) is 2. The van der Waals surface area contributed by atoms with Crippen LogP contribution in [0.2, 0.25) is 0 Å². The SMILES string of the molecule is CC1CCN(C(C)C)C(CO)C(=O)N1C. The summed E-state index contributed by atoms with van der Waals surface area (Å²) in [7, 11) is 1.82. The van der Waals surface area contributed by atoms with Gasteiger partial charge in [0.05, 0.1) is 6.61 Å². The van der Waals surface area contributed by atoms with Crippen molar-refractivity contribution in [3.8, 4) is 0 Å². The molecule has 0 spiro atoms. The number of rotatable bonds is 2. The second-order valence-electron chi connectivity index (χ2n) is 4.62. The molecule has 1 aliphatic rings. The van der Waals surface area contributed by atoms with Crippen LogP contribution < -0.4 is 0 Å². The van der Waals surface area contributed by atoms with E-state index < -0.39 is 0 Å². The van der Waals surface area contributed by atoms with Gasteiger partial charge in [0, 0.05) is 25.7 Å². The second-order valence-corrected chi connectivity index (χ2v) is 4.62. The van der Waals surface area contributed by atoms with Crippen molar-refractivity contribution in [2.24, 2.45) is 0 Å². The molecule has 1 saturated heterocycles. The number of hydrogen-bond donors (Lipinski definition) is 1. The molecule has 0 bridgehead atoms. The minimum absolute atomic E-state index is 0.0381. The first-order valence-corrected chi connectivity index (χ1v) is 5.62. The molecule has 2 atom stereocenters. The molecule has 2 unspecified atom stereocenters. The Kier molecular flexibility index (Phi) is 4.11. The molecular weight excluding hydrogens is 192 g/mol. The third-order valence-corrected chi connectivity index (χ3v) is 3.34. The van der Waals surface area contributed by atoms with Gasteiger partial charge >= 0.3 is 0 Å². The van der Waals surface area contributed by atoms with E-state index in [0.717, 1.165) is 13.0 Å². The Morgan fingerprint density at radius 1 is 1.53 bits per heavy atom. The molecule has 88 valence electrons. The molecule has 0 saturated carbocycles. The molecular formula is C11H22N2O2. The average Bonchev–Trinajstić information content (AvgIpc) is 2.29. The summed E-state index contributed by atoms with van der Waals surface area (Å²) < 4.78 is 0. The highest BCUT2D eigenvalue weighted by molar-refractivity contribution is 5.82. The minimum atomic E-state index is -0.361. The molecule has 0 aromatic heterocycles. The zero-order valence-electron chi connectivity index (χ0n) is 10.1. The largest absolute Gasteiger partial charge is 0.394 e. The summed E-state index contributed by atoms with van der Waals surface area (Å²) in [4.78, 5) is 15.9. The van der Waals surface area contributed by atoms with E-state index in [1.807, 2.05) is 7.05 Å². The lowest BCUT2D eigenvalue weighted by atomic mass is 10.2. The number of hydrogen-bond acceptors (Lipinski definition) is 3. The first-order chi connectivity index (χ1) is 6.99. The highest BCUT2D eigenvalue weighted by Gasteiger charge is 2.34. The van der Waals surface area contributed by atoms with Gasteiger partial charge in [-0.05, 0) is 27.2 Å². The lowest BCUT2D eigenvalue weighted by Gasteiger charge is -2.31. The van der Waals surface area contributed by atoms with Crippen molar-refractivity contribution < 1.29 is 9.90 Å². The number of aliphatic hydroxyl groups is 1. The van der Waals surface area contributed by atoms with E-state index in [4.69, 9.17) is 0 Å². The van der Waals surface area contributed by atoms with Crippen LogP contribution in [0.15, 0.2) is 0 Å². The van der Waals surface area contributed by atoms with Crippen molar-refractivity contribution in [2.45, 2.75) is 45.3 Å². The average molecular weight is 214 g/mol. The molecule has 0 aliphatic carbocycles. The molecule has 4 nitrogen and oxygen atoms in total. The molecule has 1 N–H and O–H groups in total. The lowest BCUT2D eigenvalue weighted by Crippen LogP contribution is -2.50. The van der Waals surface area contributed by atoms with Crippen molar-refractivity contribution in [1.29, 1.82) is 0 Å². The van der Waals surface area contributed by atoms with E-state index in [2.05, 4.69) is 25.7 Å². The lowest BCUT2D eigenvalue weighted by molar-refractivity contribution is -0.137. The smallest absolute Gasteiger partial charge is 0.242 e. The molecule has 4 heteroatoms. The first kappa shape index (κ1) is 12.5. The normalized spacial score (nSPS) is 29.7. The molecule has 0 radical (unpaired) electrons. The maximum atomic E-state index is 12.0. The summed E-state index contributed by atoms with van der Waals surface area (Å²) >= 11 is 0. The fraction of sp³-hybridized carbons (Fsp3) is 0.909. The van der Waals surface area contributed by atoms with E-state index in [-0.39, 0.29) is 24.6 Å².